The number of hydrogen-bond donors (Lipinski definition) is 1. The Labute approximate surface area is 86.3 Å². The quantitative estimate of drug-likeness (QED) is 0.751. The van der Waals surface area contributed by atoms with Crippen LogP contribution in [0.5, 0.6) is 0 Å². The molecule has 0 aromatic carbocycles. The molecule has 3 nitrogen and oxygen atoms in total. The first-order valence-corrected chi connectivity index (χ1v) is 4.97. The van der Waals surface area contributed by atoms with Crippen molar-refractivity contribution >= 4 is 11.7 Å². The number of amides is 1. The molecule has 0 unspecified atom stereocenters. The van der Waals surface area contributed by atoms with Gasteiger partial charge in [-0.05, 0) is 13.8 Å². The highest BCUT2D eigenvalue weighted by molar-refractivity contribution is 5.86. The van der Waals surface area contributed by atoms with Crippen LogP contribution < -0.4 is 5.32 Å². The lowest BCUT2D eigenvalue weighted by atomic mass is 9.70. The first-order chi connectivity index (χ1) is 6.15. The molecule has 0 saturated heterocycles. The Morgan fingerprint density at radius 2 is 1.57 bits per heavy atom. The zero-order valence-corrected chi connectivity index (χ0v) is 10.0. The van der Waals surface area contributed by atoms with E-state index in [1.807, 2.05) is 34.6 Å². The van der Waals surface area contributed by atoms with Crippen molar-refractivity contribution in [3.05, 3.63) is 0 Å². The van der Waals surface area contributed by atoms with Gasteiger partial charge < -0.3 is 5.32 Å². The van der Waals surface area contributed by atoms with Crippen molar-refractivity contribution in [1.29, 1.82) is 0 Å². The largest absolute Gasteiger partial charge is 0.350 e. The summed E-state index contributed by atoms with van der Waals surface area (Å²) in [6.45, 7) is 10.8. The molecule has 0 heterocycles. The average Bonchev–Trinajstić information content (AvgIpc) is 2.00. The monoisotopic (exact) mass is 199 g/mol. The van der Waals surface area contributed by atoms with E-state index in [1.54, 1.807) is 0 Å². The molecule has 0 aromatic heterocycles. The minimum Gasteiger partial charge on any atom is -0.350 e. The summed E-state index contributed by atoms with van der Waals surface area (Å²) in [6.07, 6.45) is 0.496. The summed E-state index contributed by atoms with van der Waals surface area (Å²) in [5.74, 6) is 0.0585. The Morgan fingerprint density at radius 1 is 1.14 bits per heavy atom. The summed E-state index contributed by atoms with van der Waals surface area (Å²) in [5, 5.41) is 2.81. The van der Waals surface area contributed by atoms with E-state index in [9.17, 15) is 9.59 Å². The first kappa shape index (κ1) is 13.1. The van der Waals surface area contributed by atoms with Crippen LogP contribution in [-0.2, 0) is 9.59 Å². The molecular weight excluding hydrogens is 178 g/mol. The predicted octanol–water partition coefficient (Wildman–Crippen LogP) is 1.91. The summed E-state index contributed by atoms with van der Waals surface area (Å²) in [5.41, 5.74) is -1.04. The Hall–Kier alpha value is -0.860. The summed E-state index contributed by atoms with van der Waals surface area (Å²) >= 11 is 0. The minimum atomic E-state index is -0.534. The highest BCUT2D eigenvalue weighted by atomic mass is 16.1. The van der Waals surface area contributed by atoms with E-state index in [0.717, 1.165) is 0 Å². The van der Waals surface area contributed by atoms with Crippen molar-refractivity contribution in [2.24, 2.45) is 5.41 Å². The van der Waals surface area contributed by atoms with Crippen molar-refractivity contribution in [3.63, 3.8) is 0 Å². The number of ketones is 1. The molecule has 1 amide bonds. The fourth-order valence-corrected chi connectivity index (χ4v) is 1.39. The van der Waals surface area contributed by atoms with Gasteiger partial charge in [-0.3, -0.25) is 9.59 Å². The maximum absolute atomic E-state index is 11.7. The maximum atomic E-state index is 11.7. The van der Waals surface area contributed by atoms with Gasteiger partial charge >= 0.3 is 0 Å². The van der Waals surface area contributed by atoms with E-state index in [2.05, 4.69) is 5.32 Å². The van der Waals surface area contributed by atoms with Crippen LogP contribution in [0.2, 0.25) is 0 Å². The van der Waals surface area contributed by atoms with E-state index in [0.29, 0.717) is 6.42 Å². The van der Waals surface area contributed by atoms with Crippen molar-refractivity contribution in [2.75, 3.05) is 0 Å². The molecule has 0 bridgehead atoms. The fraction of sp³-hybridized carbons (Fsp3) is 0.818. The van der Waals surface area contributed by atoms with Gasteiger partial charge in [-0.15, -0.1) is 0 Å². The second kappa shape index (κ2) is 4.11. The summed E-state index contributed by atoms with van der Waals surface area (Å²) in [7, 11) is 0. The van der Waals surface area contributed by atoms with Crippen LogP contribution in [0.15, 0.2) is 0 Å². The highest BCUT2D eigenvalue weighted by Gasteiger charge is 2.42. The van der Waals surface area contributed by atoms with Gasteiger partial charge in [-0.1, -0.05) is 20.8 Å². The topological polar surface area (TPSA) is 46.2 Å². The number of rotatable bonds is 4. The van der Waals surface area contributed by atoms with Gasteiger partial charge in [0.15, 0.2) is 0 Å². The minimum absolute atomic E-state index is 0.105. The van der Waals surface area contributed by atoms with E-state index in [1.165, 1.54) is 6.92 Å². The summed E-state index contributed by atoms with van der Waals surface area (Å²) in [6, 6.07) is 0. The van der Waals surface area contributed by atoms with Crippen LogP contribution in [0.4, 0.5) is 0 Å². The number of carbonyl (C=O) groups is 2. The van der Waals surface area contributed by atoms with Crippen molar-refractivity contribution in [1.82, 2.24) is 5.32 Å². The van der Waals surface area contributed by atoms with Gasteiger partial charge in [0.1, 0.15) is 5.78 Å². The zero-order chi connectivity index (χ0) is 11.6. The number of Topliss-reactive ketones (excluding diaryl/α,β-unsaturated/α-hetero) is 1. The molecule has 0 fully saturated rings. The second-order valence-corrected chi connectivity index (χ2v) is 4.71. The lowest BCUT2D eigenvalue weighted by Crippen LogP contribution is -2.56. The molecule has 14 heavy (non-hydrogen) atoms. The van der Waals surface area contributed by atoms with Gasteiger partial charge in [0.2, 0.25) is 5.91 Å². The average molecular weight is 199 g/mol. The molecule has 0 aliphatic carbocycles. The summed E-state index contributed by atoms with van der Waals surface area (Å²) < 4.78 is 0. The first-order valence-electron chi connectivity index (χ1n) is 4.97. The van der Waals surface area contributed by atoms with Crippen LogP contribution in [0, 0.1) is 5.41 Å². The van der Waals surface area contributed by atoms with E-state index < -0.39 is 11.0 Å². The summed E-state index contributed by atoms with van der Waals surface area (Å²) in [4.78, 5) is 22.7. The molecule has 82 valence electrons. The standard InChI is InChI=1S/C11H21NO2/c1-7-9(14)10(3,4)11(5,6)12-8(2)13/h7H2,1-6H3,(H,12,13). The normalized spacial score (nSPS) is 12.4. The Bertz CT molecular complexity index is 242. The number of nitrogens with one attached hydrogen (secondary N) is 1. The van der Waals surface area contributed by atoms with Crippen LogP contribution >= 0.6 is 0 Å². The lowest BCUT2D eigenvalue weighted by molar-refractivity contribution is -0.132. The molecule has 0 aliphatic rings. The Morgan fingerprint density at radius 3 is 1.86 bits per heavy atom. The van der Waals surface area contributed by atoms with Crippen LogP contribution in [0.1, 0.15) is 48.0 Å². The van der Waals surface area contributed by atoms with E-state index in [4.69, 9.17) is 0 Å². The van der Waals surface area contributed by atoms with Crippen molar-refractivity contribution in [3.8, 4) is 0 Å². The molecule has 0 radical (unpaired) electrons. The molecule has 0 atom stereocenters. The van der Waals surface area contributed by atoms with Gasteiger partial charge in [-0.2, -0.15) is 0 Å². The molecule has 3 heteroatoms. The molecule has 0 rings (SSSR count). The van der Waals surface area contributed by atoms with Gasteiger partial charge in [-0.25, -0.2) is 0 Å². The van der Waals surface area contributed by atoms with Crippen molar-refractivity contribution < 1.29 is 9.59 Å². The third kappa shape index (κ3) is 2.56. The highest BCUT2D eigenvalue weighted by Crippen LogP contribution is 2.32. The zero-order valence-electron chi connectivity index (χ0n) is 10.0. The fourth-order valence-electron chi connectivity index (χ4n) is 1.39. The second-order valence-electron chi connectivity index (χ2n) is 4.71. The third-order valence-corrected chi connectivity index (χ3v) is 3.07. The lowest BCUT2D eigenvalue weighted by Gasteiger charge is -2.40. The molecule has 0 aliphatic heterocycles. The van der Waals surface area contributed by atoms with Gasteiger partial charge in [0.25, 0.3) is 0 Å². The Kier molecular flexibility index (Phi) is 3.86. The van der Waals surface area contributed by atoms with Crippen LogP contribution in [-0.4, -0.2) is 17.2 Å². The van der Waals surface area contributed by atoms with E-state index >= 15 is 0 Å². The molecule has 0 aromatic rings. The molecular formula is C11H21NO2. The van der Waals surface area contributed by atoms with Gasteiger partial charge in [0.05, 0.1) is 0 Å². The number of carbonyl (C=O) groups excluding carboxylic acids is 2. The third-order valence-electron chi connectivity index (χ3n) is 3.07. The molecule has 0 spiro atoms. The maximum Gasteiger partial charge on any atom is 0.217 e. The smallest absolute Gasteiger partial charge is 0.217 e. The number of hydrogen-bond acceptors (Lipinski definition) is 2. The molecule has 0 saturated carbocycles. The van der Waals surface area contributed by atoms with Crippen molar-refractivity contribution in [2.45, 2.75) is 53.5 Å². The Balaban J connectivity index is 4.86. The van der Waals surface area contributed by atoms with E-state index in [-0.39, 0.29) is 11.7 Å². The SMILES string of the molecule is CCC(=O)C(C)(C)C(C)(C)NC(C)=O. The van der Waals surface area contributed by atoms with Gasteiger partial charge in [0, 0.05) is 24.3 Å². The van der Waals surface area contributed by atoms with Crippen LogP contribution in [0.25, 0.3) is 0 Å². The molecule has 1 N–H and O–H groups in total. The predicted molar refractivity (Wildman–Crippen MR) is 57.0 cm³/mol. The van der Waals surface area contributed by atoms with Crippen LogP contribution in [0.3, 0.4) is 0 Å².